The zero-order chi connectivity index (χ0) is 10.1. The summed E-state index contributed by atoms with van der Waals surface area (Å²) in [6.45, 7) is 0. The maximum atomic E-state index is 11.5. The lowest BCUT2D eigenvalue weighted by Crippen LogP contribution is -2.01. The number of allylic oxidation sites excluding steroid dienone is 1. The monoisotopic (exact) mass is 225 g/mol. The van der Waals surface area contributed by atoms with Crippen LogP contribution in [-0.2, 0) is 4.79 Å². The summed E-state index contributed by atoms with van der Waals surface area (Å²) < 4.78 is 0. The minimum absolute atomic E-state index is 0.0785. The van der Waals surface area contributed by atoms with Gasteiger partial charge in [0.25, 0.3) is 0 Å². The van der Waals surface area contributed by atoms with Gasteiger partial charge >= 0.3 is 0 Å². The topological polar surface area (TPSA) is 43.1 Å². The van der Waals surface area contributed by atoms with Crippen molar-refractivity contribution in [3.8, 4) is 0 Å². The van der Waals surface area contributed by atoms with Crippen LogP contribution in [0.5, 0.6) is 0 Å². The van der Waals surface area contributed by atoms with Gasteiger partial charge in [0.05, 0.1) is 16.4 Å². The first-order valence-corrected chi connectivity index (χ1v) is 5.46. The van der Waals surface area contributed by atoms with Crippen molar-refractivity contribution in [1.82, 2.24) is 0 Å². The number of nitrogens with two attached hydrogens (primary N) is 1. The van der Waals surface area contributed by atoms with Crippen LogP contribution in [0, 0.1) is 0 Å². The third-order valence-corrected chi connectivity index (χ3v) is 3.15. The van der Waals surface area contributed by atoms with Gasteiger partial charge in [0.1, 0.15) is 0 Å². The van der Waals surface area contributed by atoms with E-state index in [4.69, 9.17) is 17.3 Å². The van der Waals surface area contributed by atoms with E-state index in [1.807, 2.05) is 12.1 Å². The number of carbonyl (C=O) groups excluding carboxylic acids is 1. The van der Waals surface area contributed by atoms with Crippen LogP contribution in [0.2, 0.25) is 5.02 Å². The van der Waals surface area contributed by atoms with Gasteiger partial charge in [-0.2, -0.15) is 0 Å². The van der Waals surface area contributed by atoms with Crippen molar-refractivity contribution >= 4 is 34.7 Å². The number of Topliss-reactive ketones (excluding diaryl/α,β-unsaturated/α-hetero) is 1. The Bertz CT molecular complexity index is 428. The second-order valence-electron chi connectivity index (χ2n) is 2.96. The SMILES string of the molecule is NC1=C(c2cccc(Cl)c2)C(=O)CS1. The molecular weight excluding hydrogens is 218 g/mol. The van der Waals surface area contributed by atoms with Gasteiger partial charge in [-0.3, -0.25) is 4.79 Å². The minimum atomic E-state index is 0.0785. The molecule has 0 bridgehead atoms. The van der Waals surface area contributed by atoms with Crippen molar-refractivity contribution in [3.63, 3.8) is 0 Å². The fraction of sp³-hybridized carbons (Fsp3) is 0.100. The molecule has 1 aliphatic heterocycles. The molecule has 1 heterocycles. The number of hydrogen-bond acceptors (Lipinski definition) is 3. The highest BCUT2D eigenvalue weighted by Crippen LogP contribution is 2.32. The van der Waals surface area contributed by atoms with Gasteiger partial charge in [0, 0.05) is 5.02 Å². The summed E-state index contributed by atoms with van der Waals surface area (Å²) in [5, 5.41) is 1.21. The van der Waals surface area contributed by atoms with Crippen LogP contribution in [0.25, 0.3) is 5.57 Å². The van der Waals surface area contributed by atoms with Crippen LogP contribution in [0.1, 0.15) is 5.56 Å². The van der Waals surface area contributed by atoms with Crippen LogP contribution in [0.15, 0.2) is 29.3 Å². The molecule has 14 heavy (non-hydrogen) atoms. The summed E-state index contributed by atoms with van der Waals surface area (Å²) in [4.78, 5) is 11.5. The fourth-order valence-electron chi connectivity index (χ4n) is 1.37. The Morgan fingerprint density at radius 1 is 1.43 bits per heavy atom. The predicted octanol–water partition coefficient (Wildman–Crippen LogP) is 2.28. The Kier molecular flexibility index (Phi) is 2.52. The highest BCUT2D eigenvalue weighted by atomic mass is 35.5. The Balaban J connectivity index is 2.49. The molecule has 0 saturated heterocycles. The Morgan fingerprint density at radius 2 is 2.21 bits per heavy atom. The molecule has 1 aromatic carbocycles. The summed E-state index contributed by atoms with van der Waals surface area (Å²) in [7, 11) is 0. The van der Waals surface area contributed by atoms with E-state index in [0.717, 1.165) is 5.56 Å². The predicted molar refractivity (Wildman–Crippen MR) is 60.0 cm³/mol. The fourth-order valence-corrected chi connectivity index (χ4v) is 2.37. The number of carbonyl (C=O) groups is 1. The van der Waals surface area contributed by atoms with Crippen LogP contribution < -0.4 is 5.73 Å². The van der Waals surface area contributed by atoms with Crippen molar-refractivity contribution in [2.24, 2.45) is 5.73 Å². The van der Waals surface area contributed by atoms with Crippen LogP contribution in [0.3, 0.4) is 0 Å². The minimum Gasteiger partial charge on any atom is -0.393 e. The van der Waals surface area contributed by atoms with Crippen molar-refractivity contribution in [2.45, 2.75) is 0 Å². The van der Waals surface area contributed by atoms with Crippen LogP contribution in [-0.4, -0.2) is 11.5 Å². The van der Waals surface area contributed by atoms with E-state index >= 15 is 0 Å². The number of ketones is 1. The Hall–Kier alpha value is -0.930. The quantitative estimate of drug-likeness (QED) is 0.798. The molecule has 2 rings (SSSR count). The first kappa shape index (κ1) is 9.62. The molecule has 0 radical (unpaired) electrons. The summed E-state index contributed by atoms with van der Waals surface area (Å²) in [6, 6.07) is 7.19. The maximum absolute atomic E-state index is 11.5. The van der Waals surface area contributed by atoms with Crippen LogP contribution >= 0.6 is 23.4 Å². The second-order valence-corrected chi connectivity index (χ2v) is 4.42. The second kappa shape index (κ2) is 3.67. The molecule has 0 fully saturated rings. The Labute approximate surface area is 91.1 Å². The van der Waals surface area contributed by atoms with E-state index < -0.39 is 0 Å². The van der Waals surface area contributed by atoms with Gasteiger partial charge in [-0.15, -0.1) is 11.8 Å². The molecule has 1 aromatic rings. The average Bonchev–Trinajstić information content (AvgIpc) is 2.46. The van der Waals surface area contributed by atoms with Gasteiger partial charge in [0.15, 0.2) is 5.78 Å². The molecule has 2 N–H and O–H groups in total. The molecular formula is C10H8ClNOS. The highest BCUT2D eigenvalue weighted by Gasteiger charge is 2.23. The number of benzene rings is 1. The first-order chi connectivity index (χ1) is 6.68. The molecule has 0 saturated carbocycles. The average molecular weight is 226 g/mol. The smallest absolute Gasteiger partial charge is 0.176 e. The van der Waals surface area contributed by atoms with Crippen molar-refractivity contribution < 1.29 is 4.79 Å². The standard InChI is InChI=1S/C10H8ClNOS/c11-7-3-1-2-6(4-7)9-8(13)5-14-10(9)12/h1-4H,5,12H2. The van der Waals surface area contributed by atoms with Gasteiger partial charge in [-0.05, 0) is 17.7 Å². The lowest BCUT2D eigenvalue weighted by molar-refractivity contribution is -0.111. The molecule has 0 aromatic heterocycles. The molecule has 0 unspecified atom stereocenters. The van der Waals surface area contributed by atoms with Crippen molar-refractivity contribution in [2.75, 3.05) is 5.75 Å². The largest absolute Gasteiger partial charge is 0.393 e. The first-order valence-electron chi connectivity index (χ1n) is 4.10. The van der Waals surface area contributed by atoms with Gasteiger partial charge in [-0.1, -0.05) is 23.7 Å². The summed E-state index contributed by atoms with van der Waals surface area (Å²) in [6.07, 6.45) is 0. The molecule has 0 atom stereocenters. The van der Waals surface area contributed by atoms with E-state index in [9.17, 15) is 4.79 Å². The summed E-state index contributed by atoms with van der Waals surface area (Å²) in [5.41, 5.74) is 7.15. The summed E-state index contributed by atoms with van der Waals surface area (Å²) >= 11 is 7.22. The van der Waals surface area contributed by atoms with E-state index in [0.29, 0.717) is 21.4 Å². The third kappa shape index (κ3) is 1.65. The molecule has 0 aliphatic carbocycles. The molecule has 4 heteroatoms. The van der Waals surface area contributed by atoms with E-state index in [1.54, 1.807) is 12.1 Å². The van der Waals surface area contributed by atoms with Gasteiger partial charge in [0.2, 0.25) is 0 Å². The van der Waals surface area contributed by atoms with Crippen molar-refractivity contribution in [1.29, 1.82) is 0 Å². The lowest BCUT2D eigenvalue weighted by Gasteiger charge is -2.01. The summed E-state index contributed by atoms with van der Waals surface area (Å²) in [5.74, 6) is 0.517. The number of thioether (sulfide) groups is 1. The number of rotatable bonds is 1. The van der Waals surface area contributed by atoms with E-state index in [2.05, 4.69) is 0 Å². The molecule has 72 valence electrons. The molecule has 0 amide bonds. The molecule has 2 nitrogen and oxygen atoms in total. The Morgan fingerprint density at radius 3 is 2.79 bits per heavy atom. The van der Waals surface area contributed by atoms with E-state index in [-0.39, 0.29) is 5.78 Å². The third-order valence-electron chi connectivity index (χ3n) is 2.00. The highest BCUT2D eigenvalue weighted by molar-refractivity contribution is 8.04. The normalized spacial score (nSPS) is 16.5. The zero-order valence-electron chi connectivity index (χ0n) is 7.29. The van der Waals surface area contributed by atoms with Gasteiger partial charge in [-0.25, -0.2) is 0 Å². The van der Waals surface area contributed by atoms with E-state index in [1.165, 1.54) is 11.8 Å². The van der Waals surface area contributed by atoms with Gasteiger partial charge < -0.3 is 5.73 Å². The zero-order valence-corrected chi connectivity index (χ0v) is 8.86. The lowest BCUT2D eigenvalue weighted by atomic mass is 10.0. The van der Waals surface area contributed by atoms with Crippen molar-refractivity contribution in [3.05, 3.63) is 39.9 Å². The number of hydrogen-bond donors (Lipinski definition) is 1. The molecule has 1 aliphatic rings. The number of halogens is 1. The maximum Gasteiger partial charge on any atom is 0.176 e. The molecule has 0 spiro atoms. The van der Waals surface area contributed by atoms with Crippen LogP contribution in [0.4, 0.5) is 0 Å².